The zero-order chi connectivity index (χ0) is 29.2. The lowest BCUT2D eigenvalue weighted by atomic mass is 9.81. The van der Waals surface area contributed by atoms with Crippen molar-refractivity contribution < 1.29 is 9.28 Å². The highest BCUT2D eigenvalue weighted by molar-refractivity contribution is 8.17. The lowest BCUT2D eigenvalue weighted by molar-refractivity contribution is -0.926. The number of quaternary nitrogens is 1. The lowest BCUT2D eigenvalue weighted by Gasteiger charge is -2.51. The zero-order valence-electron chi connectivity index (χ0n) is 24.6. The molecule has 218 valence electrons. The Hall–Kier alpha value is -2.03. The monoisotopic (exact) mass is 612 g/mol. The summed E-state index contributed by atoms with van der Waals surface area (Å²) in [6.45, 7) is 9.64. The first kappa shape index (κ1) is 29.1. The van der Waals surface area contributed by atoms with Gasteiger partial charge in [-0.1, -0.05) is 61.3 Å². The summed E-state index contributed by atoms with van der Waals surface area (Å²) in [7, 11) is 3.93. The van der Waals surface area contributed by atoms with Gasteiger partial charge in [-0.15, -0.1) is 0 Å². The molecule has 0 spiro atoms. The lowest BCUT2D eigenvalue weighted by Crippen LogP contribution is -2.72. The third-order valence-corrected chi connectivity index (χ3v) is 11.5. The molecule has 9 heteroatoms. The highest BCUT2D eigenvalue weighted by atomic mass is 35.5. The molecule has 0 saturated carbocycles. The van der Waals surface area contributed by atoms with Gasteiger partial charge < -0.3 is 10.2 Å². The van der Waals surface area contributed by atoms with E-state index in [-0.39, 0.29) is 17.9 Å². The number of amides is 1. The van der Waals surface area contributed by atoms with Crippen molar-refractivity contribution in [3.63, 3.8) is 0 Å². The number of rotatable bonds is 6. The van der Waals surface area contributed by atoms with Gasteiger partial charge in [-0.25, -0.2) is 9.89 Å². The average Bonchev–Trinajstić information content (AvgIpc) is 3.72. The molecule has 1 amide bonds. The van der Waals surface area contributed by atoms with E-state index in [0.717, 1.165) is 66.6 Å². The molecule has 1 N–H and O–H groups in total. The maximum Gasteiger partial charge on any atom is 0.298 e. The summed E-state index contributed by atoms with van der Waals surface area (Å²) in [4.78, 5) is 24.4. The van der Waals surface area contributed by atoms with Crippen molar-refractivity contribution in [3.8, 4) is 0 Å². The number of nitrogens with zero attached hydrogens (tertiary/aromatic N) is 4. The predicted octanol–water partition coefficient (Wildman–Crippen LogP) is 6.97. The Kier molecular flexibility index (Phi) is 7.51. The molecule has 0 aromatic heterocycles. The number of allylic oxidation sites excluding steroid dienone is 1. The van der Waals surface area contributed by atoms with Crippen molar-refractivity contribution in [1.29, 1.82) is 0 Å². The van der Waals surface area contributed by atoms with E-state index in [1.54, 1.807) is 18.8 Å². The van der Waals surface area contributed by atoms with Crippen molar-refractivity contribution >= 4 is 46.0 Å². The van der Waals surface area contributed by atoms with Gasteiger partial charge in [-0.3, -0.25) is 9.28 Å². The highest BCUT2D eigenvalue weighted by Crippen LogP contribution is 2.60. The van der Waals surface area contributed by atoms with Crippen LogP contribution in [0.4, 0.5) is 0 Å². The van der Waals surface area contributed by atoms with Gasteiger partial charge in [0, 0.05) is 60.6 Å². The first-order chi connectivity index (χ1) is 19.6. The number of aliphatic imine (C=N–C) groups is 1. The molecule has 6 nitrogen and oxygen atoms in total. The van der Waals surface area contributed by atoms with Crippen LogP contribution in [0.2, 0.25) is 10.0 Å². The predicted molar refractivity (Wildman–Crippen MR) is 170 cm³/mol. The summed E-state index contributed by atoms with van der Waals surface area (Å²) >= 11 is 14.5. The molecule has 0 bridgehead atoms. The summed E-state index contributed by atoms with van der Waals surface area (Å²) in [5.74, 6) is 0.362. The first-order valence-electron chi connectivity index (χ1n) is 14.7. The van der Waals surface area contributed by atoms with Gasteiger partial charge in [0.15, 0.2) is 10.2 Å². The molecule has 4 aliphatic heterocycles. The van der Waals surface area contributed by atoms with Gasteiger partial charge in [-0.05, 0) is 55.8 Å². The standard InChI is InChI=1S/C32H39Cl2N5OS/c1-21(2)26-28(39(19-6-7-20-39)32(29(40)35-4)17-8-18-37(32)5)41-30-36-31(3,23-11-15-25(34)16-12-23)27(38(26)30)22-9-13-24(33)14-10-22/h9-16,21,27H,6-8,17-20H2,1-5H3/p+1/t27-,31+,32-/m1/s1. The Labute approximate surface area is 258 Å². The van der Waals surface area contributed by atoms with E-state index in [4.69, 9.17) is 28.2 Å². The van der Waals surface area contributed by atoms with E-state index >= 15 is 0 Å². The van der Waals surface area contributed by atoms with Crippen molar-refractivity contribution in [2.75, 3.05) is 33.7 Å². The minimum atomic E-state index is -0.622. The Bertz CT molecular complexity index is 1400. The van der Waals surface area contributed by atoms with Gasteiger partial charge in [0.05, 0.1) is 24.8 Å². The normalized spacial score (nSPS) is 29.4. The second kappa shape index (κ2) is 10.6. The van der Waals surface area contributed by atoms with E-state index in [1.807, 2.05) is 24.3 Å². The van der Waals surface area contributed by atoms with Gasteiger partial charge in [0.1, 0.15) is 5.54 Å². The van der Waals surface area contributed by atoms with Crippen molar-refractivity contribution in [3.05, 3.63) is 80.4 Å². The number of likely N-dealkylation sites (tertiary alicyclic amines) is 2. The number of likely N-dealkylation sites (N-methyl/N-ethyl adjacent to an activating group) is 2. The fraction of sp³-hybridized carbons (Fsp3) is 0.500. The molecule has 2 aromatic rings. The van der Waals surface area contributed by atoms with Crippen LogP contribution in [0.5, 0.6) is 0 Å². The van der Waals surface area contributed by atoms with Crippen LogP contribution in [0.15, 0.2) is 64.2 Å². The first-order valence-corrected chi connectivity index (χ1v) is 16.3. The van der Waals surface area contributed by atoms with E-state index < -0.39 is 11.2 Å². The number of halogens is 2. The molecule has 2 aromatic carbocycles. The van der Waals surface area contributed by atoms with Crippen molar-refractivity contribution in [2.24, 2.45) is 10.9 Å². The highest BCUT2D eigenvalue weighted by Gasteiger charge is 2.67. The summed E-state index contributed by atoms with van der Waals surface area (Å²) in [5, 5.41) is 6.82. The Morgan fingerprint density at radius 2 is 1.66 bits per heavy atom. The van der Waals surface area contributed by atoms with Crippen LogP contribution in [0.3, 0.4) is 0 Å². The molecule has 6 rings (SSSR count). The van der Waals surface area contributed by atoms with E-state index in [1.165, 1.54) is 10.7 Å². The third kappa shape index (κ3) is 4.21. The number of nitrogens with one attached hydrogen (secondary N) is 1. The van der Waals surface area contributed by atoms with E-state index in [2.05, 4.69) is 67.2 Å². The molecule has 0 aliphatic carbocycles. The molecule has 4 aliphatic rings. The zero-order valence-corrected chi connectivity index (χ0v) is 26.9. The van der Waals surface area contributed by atoms with Crippen LogP contribution < -0.4 is 5.32 Å². The van der Waals surface area contributed by atoms with Crippen LogP contribution in [-0.2, 0) is 10.3 Å². The summed E-state index contributed by atoms with van der Waals surface area (Å²) in [5.41, 5.74) is 2.42. The van der Waals surface area contributed by atoms with Crippen LogP contribution in [-0.4, -0.2) is 64.8 Å². The second-order valence-electron chi connectivity index (χ2n) is 12.4. The number of hydrogen-bond acceptors (Lipinski definition) is 5. The molecule has 2 fully saturated rings. The van der Waals surface area contributed by atoms with Crippen LogP contribution in [0, 0.1) is 5.92 Å². The molecule has 3 atom stereocenters. The fourth-order valence-corrected chi connectivity index (χ4v) is 9.88. The van der Waals surface area contributed by atoms with Crippen molar-refractivity contribution in [2.45, 2.75) is 63.7 Å². The Morgan fingerprint density at radius 1 is 1.05 bits per heavy atom. The van der Waals surface area contributed by atoms with Gasteiger partial charge in [0.2, 0.25) is 5.66 Å². The number of amidine groups is 1. The van der Waals surface area contributed by atoms with Gasteiger partial charge >= 0.3 is 0 Å². The summed E-state index contributed by atoms with van der Waals surface area (Å²) in [6.07, 6.45) is 4.09. The maximum absolute atomic E-state index is 14.0. The molecule has 4 heterocycles. The smallest absolute Gasteiger partial charge is 0.298 e. The van der Waals surface area contributed by atoms with Gasteiger partial charge in [-0.2, -0.15) is 0 Å². The molecular weight excluding hydrogens is 573 g/mol. The number of fused-ring (bicyclic) bond motifs is 1. The fourth-order valence-electron chi connectivity index (χ4n) is 7.97. The van der Waals surface area contributed by atoms with Crippen LogP contribution in [0.25, 0.3) is 0 Å². The second-order valence-corrected chi connectivity index (χ2v) is 14.2. The summed E-state index contributed by atoms with van der Waals surface area (Å²) in [6, 6.07) is 16.3. The minimum Gasteiger partial charge on any atom is -0.352 e. The molecule has 0 radical (unpaired) electrons. The summed E-state index contributed by atoms with van der Waals surface area (Å²) < 4.78 is 0.682. The number of thioether (sulfide) groups is 1. The number of hydrogen-bond donors (Lipinski definition) is 1. The topological polar surface area (TPSA) is 47.9 Å². The maximum atomic E-state index is 14.0. The minimum absolute atomic E-state index is 0.0711. The number of carbonyl (C=O) groups excluding carboxylic acids is 1. The van der Waals surface area contributed by atoms with Crippen LogP contribution >= 0.6 is 35.0 Å². The van der Waals surface area contributed by atoms with Gasteiger partial charge in [0.25, 0.3) is 5.91 Å². The third-order valence-electron chi connectivity index (χ3n) is 9.82. The van der Waals surface area contributed by atoms with E-state index in [0.29, 0.717) is 9.51 Å². The largest absolute Gasteiger partial charge is 0.352 e. The van der Waals surface area contributed by atoms with Crippen LogP contribution in [0.1, 0.15) is 63.6 Å². The molecular formula is C32H40Cl2N5OS+. The van der Waals surface area contributed by atoms with E-state index in [9.17, 15) is 4.79 Å². The molecule has 41 heavy (non-hydrogen) atoms. The quantitative estimate of drug-likeness (QED) is 0.358. The Balaban J connectivity index is 1.57. The van der Waals surface area contributed by atoms with Crippen molar-refractivity contribution in [1.82, 2.24) is 15.1 Å². The average molecular weight is 614 g/mol. The SMILES string of the molecule is CNC(=O)[C@]1([N+]2(C3=C(C(C)C)N4C(=N[C@@](C)(c5ccc(Cl)cc5)[C@H]4c4ccc(Cl)cc4)S3)CCCC2)CCCN1C. The molecule has 0 unspecified atom stereocenters. The number of benzene rings is 2. The Morgan fingerprint density at radius 3 is 2.20 bits per heavy atom. The molecule has 2 saturated heterocycles. The number of carbonyl (C=O) groups is 1.